The van der Waals surface area contributed by atoms with E-state index in [1.165, 1.54) is 6.92 Å². The number of hydrogen-bond donors (Lipinski definition) is 0. The maximum atomic E-state index is 11.7. The van der Waals surface area contributed by atoms with Gasteiger partial charge in [0.2, 0.25) is 0 Å². The summed E-state index contributed by atoms with van der Waals surface area (Å²) < 4.78 is 6.68. The van der Waals surface area contributed by atoms with E-state index in [2.05, 4.69) is 6.58 Å². The van der Waals surface area contributed by atoms with Gasteiger partial charge < -0.3 is 9.30 Å². The molecule has 0 radical (unpaired) electrons. The number of ether oxygens (including phenoxy) is 1. The van der Waals surface area contributed by atoms with Crippen LogP contribution in [0.1, 0.15) is 41.1 Å². The number of aryl methyl sites for hydroxylation is 1. The van der Waals surface area contributed by atoms with Crippen molar-refractivity contribution in [1.29, 1.82) is 0 Å². The van der Waals surface area contributed by atoms with Crippen molar-refractivity contribution in [2.45, 2.75) is 26.8 Å². The highest BCUT2D eigenvalue weighted by molar-refractivity contribution is 5.97. The van der Waals surface area contributed by atoms with Crippen LogP contribution in [-0.4, -0.2) is 22.9 Å². The molecule has 92 valence electrons. The van der Waals surface area contributed by atoms with Gasteiger partial charge in [-0.05, 0) is 26.3 Å². The third-order valence-corrected chi connectivity index (χ3v) is 2.36. The fourth-order valence-electron chi connectivity index (χ4n) is 1.49. The molecule has 0 bridgehead atoms. The Kier molecular flexibility index (Phi) is 4.69. The lowest BCUT2D eigenvalue weighted by Crippen LogP contribution is -2.11. The lowest BCUT2D eigenvalue weighted by molar-refractivity contribution is 0.0514. The van der Waals surface area contributed by atoms with Crippen LogP contribution in [0.2, 0.25) is 0 Å². The standard InChI is InChI=1S/C13H17NO3/c1-4-6-7-14-9-11(10(3)15)8-12(14)13(16)17-5-2/h4,8-9H,1,5-7H2,2-3H3. The predicted octanol–water partition coefficient (Wildman–Crippen LogP) is 2.44. The first-order chi connectivity index (χ1) is 8.10. The monoisotopic (exact) mass is 235 g/mol. The maximum Gasteiger partial charge on any atom is 0.354 e. The number of carbonyl (C=O) groups is 2. The van der Waals surface area contributed by atoms with Crippen LogP contribution in [0.4, 0.5) is 0 Å². The minimum Gasteiger partial charge on any atom is -0.461 e. The molecular weight excluding hydrogens is 218 g/mol. The van der Waals surface area contributed by atoms with Gasteiger partial charge in [0.25, 0.3) is 0 Å². The van der Waals surface area contributed by atoms with Crippen LogP contribution in [-0.2, 0) is 11.3 Å². The summed E-state index contributed by atoms with van der Waals surface area (Å²) in [5.74, 6) is -0.461. The molecule has 0 aliphatic carbocycles. The summed E-state index contributed by atoms with van der Waals surface area (Å²) in [6.45, 7) is 7.79. The van der Waals surface area contributed by atoms with E-state index >= 15 is 0 Å². The molecule has 0 atom stereocenters. The summed E-state index contributed by atoms with van der Waals surface area (Å²) in [7, 11) is 0. The van der Waals surface area contributed by atoms with Gasteiger partial charge in [0.15, 0.2) is 5.78 Å². The van der Waals surface area contributed by atoms with E-state index < -0.39 is 5.97 Å². The second kappa shape index (κ2) is 6.03. The molecule has 1 heterocycles. The molecule has 0 spiro atoms. The Hall–Kier alpha value is -1.84. The van der Waals surface area contributed by atoms with Crippen molar-refractivity contribution < 1.29 is 14.3 Å². The fourth-order valence-corrected chi connectivity index (χ4v) is 1.49. The lowest BCUT2D eigenvalue weighted by Gasteiger charge is -2.06. The molecule has 0 amide bonds. The van der Waals surface area contributed by atoms with Crippen LogP contribution < -0.4 is 0 Å². The molecule has 4 heteroatoms. The predicted molar refractivity (Wildman–Crippen MR) is 65.2 cm³/mol. The van der Waals surface area contributed by atoms with Crippen molar-refractivity contribution >= 4 is 11.8 Å². The molecular formula is C13H17NO3. The third kappa shape index (κ3) is 3.31. The maximum absolute atomic E-state index is 11.7. The van der Waals surface area contributed by atoms with Crippen LogP contribution in [0.3, 0.4) is 0 Å². The van der Waals surface area contributed by atoms with Crippen LogP contribution in [0.5, 0.6) is 0 Å². The highest BCUT2D eigenvalue weighted by Gasteiger charge is 2.15. The number of ketones is 1. The number of aromatic nitrogens is 1. The second-order valence-electron chi connectivity index (χ2n) is 3.66. The zero-order valence-corrected chi connectivity index (χ0v) is 10.2. The van der Waals surface area contributed by atoms with Gasteiger partial charge >= 0.3 is 5.97 Å². The Bertz CT molecular complexity index is 432. The highest BCUT2D eigenvalue weighted by Crippen LogP contribution is 2.12. The quantitative estimate of drug-likeness (QED) is 0.432. The van der Waals surface area contributed by atoms with E-state index in [1.54, 1.807) is 29.8 Å². The molecule has 0 aliphatic heterocycles. The number of rotatable bonds is 6. The first kappa shape index (κ1) is 13.2. The number of nitrogens with zero attached hydrogens (tertiary/aromatic N) is 1. The van der Waals surface area contributed by atoms with Crippen LogP contribution >= 0.6 is 0 Å². The topological polar surface area (TPSA) is 48.3 Å². The van der Waals surface area contributed by atoms with Gasteiger partial charge in [0, 0.05) is 18.3 Å². The van der Waals surface area contributed by atoms with Crippen LogP contribution in [0, 0.1) is 0 Å². The number of carbonyl (C=O) groups excluding carboxylic acids is 2. The Labute approximate surface area is 101 Å². The number of esters is 1. The molecule has 1 aromatic rings. The van der Waals surface area contributed by atoms with Crippen molar-refractivity contribution in [3.8, 4) is 0 Å². The summed E-state index contributed by atoms with van der Waals surface area (Å²) in [6.07, 6.45) is 4.18. The lowest BCUT2D eigenvalue weighted by atomic mass is 10.2. The fraction of sp³-hybridized carbons (Fsp3) is 0.385. The van der Waals surface area contributed by atoms with Crippen molar-refractivity contribution in [2.24, 2.45) is 0 Å². The molecule has 0 unspecified atom stereocenters. The first-order valence-electron chi connectivity index (χ1n) is 5.59. The minimum absolute atomic E-state index is 0.0621. The molecule has 0 saturated heterocycles. The van der Waals surface area contributed by atoms with E-state index in [4.69, 9.17) is 4.74 Å². The van der Waals surface area contributed by atoms with Crippen LogP contribution in [0.15, 0.2) is 24.9 Å². The Morgan fingerprint density at radius 1 is 1.53 bits per heavy atom. The normalized spacial score (nSPS) is 10.0. The number of hydrogen-bond acceptors (Lipinski definition) is 3. The minimum atomic E-state index is -0.399. The van der Waals surface area contributed by atoms with E-state index in [9.17, 15) is 9.59 Å². The van der Waals surface area contributed by atoms with Crippen LogP contribution in [0.25, 0.3) is 0 Å². The first-order valence-corrected chi connectivity index (χ1v) is 5.59. The summed E-state index contributed by atoms with van der Waals surface area (Å²) in [6, 6.07) is 1.57. The van der Waals surface area contributed by atoms with Crippen molar-refractivity contribution in [2.75, 3.05) is 6.61 Å². The van der Waals surface area contributed by atoms with Gasteiger partial charge in [-0.15, -0.1) is 6.58 Å². The second-order valence-corrected chi connectivity index (χ2v) is 3.66. The van der Waals surface area contributed by atoms with Gasteiger partial charge in [0.05, 0.1) is 6.61 Å². The van der Waals surface area contributed by atoms with E-state index in [0.29, 0.717) is 24.4 Å². The van der Waals surface area contributed by atoms with Gasteiger partial charge in [-0.1, -0.05) is 6.08 Å². The Morgan fingerprint density at radius 3 is 2.76 bits per heavy atom. The largest absolute Gasteiger partial charge is 0.461 e. The molecule has 0 N–H and O–H groups in total. The average Bonchev–Trinajstić information content (AvgIpc) is 2.70. The zero-order chi connectivity index (χ0) is 12.8. The summed E-state index contributed by atoms with van der Waals surface area (Å²) in [5, 5.41) is 0. The molecule has 0 aliphatic rings. The molecule has 4 nitrogen and oxygen atoms in total. The SMILES string of the molecule is C=CCCn1cc(C(C)=O)cc1C(=O)OCC. The van der Waals surface area contributed by atoms with Gasteiger partial charge in [0.1, 0.15) is 5.69 Å². The smallest absolute Gasteiger partial charge is 0.354 e. The van der Waals surface area contributed by atoms with Gasteiger partial charge in [-0.2, -0.15) is 0 Å². The summed E-state index contributed by atoms with van der Waals surface area (Å²) in [4.78, 5) is 23.0. The number of allylic oxidation sites excluding steroid dienone is 1. The third-order valence-electron chi connectivity index (χ3n) is 2.36. The average molecular weight is 235 g/mol. The molecule has 1 aromatic heterocycles. The van der Waals surface area contributed by atoms with Crippen molar-refractivity contribution in [3.05, 3.63) is 36.2 Å². The summed E-state index contributed by atoms with van der Waals surface area (Å²) >= 11 is 0. The van der Waals surface area contributed by atoms with Gasteiger partial charge in [-0.25, -0.2) is 4.79 Å². The molecule has 0 aromatic carbocycles. The van der Waals surface area contributed by atoms with Crippen molar-refractivity contribution in [3.63, 3.8) is 0 Å². The zero-order valence-electron chi connectivity index (χ0n) is 10.2. The van der Waals surface area contributed by atoms with Crippen molar-refractivity contribution in [1.82, 2.24) is 4.57 Å². The number of Topliss-reactive ketones (excluding diaryl/α,β-unsaturated/α-hetero) is 1. The Morgan fingerprint density at radius 2 is 2.24 bits per heavy atom. The highest BCUT2D eigenvalue weighted by atomic mass is 16.5. The molecule has 1 rings (SSSR count). The Balaban J connectivity index is 3.02. The summed E-state index contributed by atoms with van der Waals surface area (Å²) in [5.41, 5.74) is 0.941. The van der Waals surface area contributed by atoms with Gasteiger partial charge in [-0.3, -0.25) is 4.79 Å². The molecule has 0 fully saturated rings. The molecule has 0 saturated carbocycles. The van der Waals surface area contributed by atoms with E-state index in [1.807, 2.05) is 0 Å². The van der Waals surface area contributed by atoms with E-state index in [-0.39, 0.29) is 5.78 Å². The van der Waals surface area contributed by atoms with E-state index in [0.717, 1.165) is 6.42 Å². The molecule has 17 heavy (non-hydrogen) atoms.